The molecule has 0 radical (unpaired) electrons. The van der Waals surface area contributed by atoms with Crippen molar-refractivity contribution in [3.05, 3.63) is 23.8 Å². The number of hydrogen-bond acceptors (Lipinski definition) is 4. The zero-order valence-electron chi connectivity index (χ0n) is 12.5. The van der Waals surface area contributed by atoms with E-state index in [2.05, 4.69) is 0 Å². The van der Waals surface area contributed by atoms with Crippen LogP contribution in [0.15, 0.2) is 23.1 Å². The third-order valence-corrected chi connectivity index (χ3v) is 5.16. The smallest absolute Gasteiger partial charge is 0.243 e. The topological polar surface area (TPSA) is 66.8 Å². The van der Waals surface area contributed by atoms with Crippen molar-refractivity contribution in [1.82, 2.24) is 4.31 Å². The maximum atomic E-state index is 12.6. The minimum atomic E-state index is -3.55. The molecule has 6 heteroatoms. The maximum Gasteiger partial charge on any atom is 0.243 e. The van der Waals surface area contributed by atoms with Crippen LogP contribution in [-0.2, 0) is 10.0 Å². The Morgan fingerprint density at radius 1 is 1.35 bits per heavy atom. The summed E-state index contributed by atoms with van der Waals surface area (Å²) in [7, 11) is -2.00. The van der Waals surface area contributed by atoms with Gasteiger partial charge in [-0.25, -0.2) is 8.42 Å². The lowest BCUT2D eigenvalue weighted by molar-refractivity contribution is 0.258. The fourth-order valence-electron chi connectivity index (χ4n) is 2.03. The Morgan fingerprint density at radius 2 is 2.00 bits per heavy atom. The van der Waals surface area contributed by atoms with Gasteiger partial charge in [-0.3, -0.25) is 0 Å². The number of hydrogen-bond donors (Lipinski definition) is 1. The third-order valence-electron chi connectivity index (χ3n) is 3.09. The molecule has 0 unspecified atom stereocenters. The summed E-state index contributed by atoms with van der Waals surface area (Å²) >= 11 is 0. The van der Waals surface area contributed by atoms with E-state index in [1.54, 1.807) is 25.3 Å². The first-order valence-corrected chi connectivity index (χ1v) is 8.06. The van der Waals surface area contributed by atoms with E-state index in [-0.39, 0.29) is 17.5 Å². The molecule has 1 aromatic rings. The molecule has 0 bridgehead atoms. The summed E-state index contributed by atoms with van der Waals surface area (Å²) in [4.78, 5) is 0.252. The third kappa shape index (κ3) is 3.71. The number of sulfonamides is 1. The van der Waals surface area contributed by atoms with Crippen LogP contribution >= 0.6 is 0 Å². The lowest BCUT2D eigenvalue weighted by Gasteiger charge is -2.26. The fourth-order valence-corrected chi connectivity index (χ4v) is 3.79. The highest BCUT2D eigenvalue weighted by Crippen LogP contribution is 2.24. The second-order valence-electron chi connectivity index (χ2n) is 4.92. The van der Waals surface area contributed by atoms with Crippen LogP contribution in [0, 0.1) is 6.92 Å². The number of aliphatic hydroxyl groups is 1. The fraction of sp³-hybridized carbons (Fsp3) is 0.571. The second-order valence-corrected chi connectivity index (χ2v) is 6.81. The molecule has 0 aliphatic heterocycles. The Bertz CT molecular complexity index is 540. The highest BCUT2D eigenvalue weighted by molar-refractivity contribution is 7.89. The van der Waals surface area contributed by atoms with Gasteiger partial charge in [0.2, 0.25) is 10.0 Å². The molecule has 0 fully saturated rings. The molecular weight excluding hydrogens is 278 g/mol. The Kier molecular flexibility index (Phi) is 5.98. The number of aryl methyl sites for hydroxylation is 1. The maximum absolute atomic E-state index is 12.6. The Labute approximate surface area is 121 Å². The predicted molar refractivity (Wildman–Crippen MR) is 78.5 cm³/mol. The molecule has 1 aromatic carbocycles. The van der Waals surface area contributed by atoms with Gasteiger partial charge in [0, 0.05) is 19.2 Å². The first-order chi connectivity index (χ1) is 9.34. The summed E-state index contributed by atoms with van der Waals surface area (Å²) in [5.41, 5.74) is 0.777. The molecule has 5 nitrogen and oxygen atoms in total. The molecule has 0 atom stereocenters. The number of ether oxygens (including phenoxy) is 1. The molecule has 0 spiro atoms. The van der Waals surface area contributed by atoms with E-state index < -0.39 is 10.0 Å². The summed E-state index contributed by atoms with van der Waals surface area (Å²) in [6.07, 6.45) is 0.423. The average Bonchev–Trinajstić information content (AvgIpc) is 2.38. The molecule has 1 rings (SSSR count). The summed E-state index contributed by atoms with van der Waals surface area (Å²) in [5.74, 6) is 0.662. The van der Waals surface area contributed by atoms with Gasteiger partial charge >= 0.3 is 0 Å². The molecule has 0 saturated heterocycles. The van der Waals surface area contributed by atoms with Crippen LogP contribution in [0.1, 0.15) is 25.8 Å². The minimum absolute atomic E-state index is 0.0274. The molecule has 20 heavy (non-hydrogen) atoms. The SMILES string of the molecule is COc1ccc(S(=O)(=O)N(CCCO)C(C)C)cc1C. The summed E-state index contributed by atoms with van der Waals surface area (Å²) in [6, 6.07) is 4.67. The normalized spacial score (nSPS) is 12.2. The molecule has 0 amide bonds. The molecule has 114 valence electrons. The summed E-state index contributed by atoms with van der Waals surface area (Å²) in [6.45, 7) is 5.74. The van der Waals surface area contributed by atoms with Crippen molar-refractivity contribution in [1.29, 1.82) is 0 Å². The van der Waals surface area contributed by atoms with Gasteiger partial charge < -0.3 is 9.84 Å². The molecule has 1 N–H and O–H groups in total. The quantitative estimate of drug-likeness (QED) is 0.833. The van der Waals surface area contributed by atoms with Crippen molar-refractivity contribution in [3.63, 3.8) is 0 Å². The van der Waals surface area contributed by atoms with E-state index in [0.717, 1.165) is 5.56 Å². The van der Waals surface area contributed by atoms with Gasteiger partial charge in [0.05, 0.1) is 12.0 Å². The molecule has 0 aromatic heterocycles. The molecule has 0 aliphatic rings. The van der Waals surface area contributed by atoms with Crippen molar-refractivity contribution >= 4 is 10.0 Å². The lowest BCUT2D eigenvalue weighted by atomic mass is 10.2. The van der Waals surface area contributed by atoms with Crippen LogP contribution in [0.4, 0.5) is 0 Å². The molecule has 0 heterocycles. The van der Waals surface area contributed by atoms with Gasteiger partial charge in [0.25, 0.3) is 0 Å². The van der Waals surface area contributed by atoms with E-state index in [0.29, 0.717) is 18.7 Å². The number of methoxy groups -OCH3 is 1. The van der Waals surface area contributed by atoms with E-state index in [4.69, 9.17) is 9.84 Å². The Morgan fingerprint density at radius 3 is 2.45 bits per heavy atom. The Balaban J connectivity index is 3.16. The summed E-state index contributed by atoms with van der Waals surface area (Å²) < 4.78 is 31.8. The minimum Gasteiger partial charge on any atom is -0.496 e. The van der Waals surface area contributed by atoms with Crippen molar-refractivity contribution < 1.29 is 18.3 Å². The van der Waals surface area contributed by atoms with Crippen LogP contribution in [-0.4, -0.2) is 44.1 Å². The number of aliphatic hydroxyl groups excluding tert-OH is 1. The largest absolute Gasteiger partial charge is 0.496 e. The van der Waals surface area contributed by atoms with E-state index >= 15 is 0 Å². The molecule has 0 saturated carbocycles. The highest BCUT2D eigenvalue weighted by Gasteiger charge is 2.26. The van der Waals surface area contributed by atoms with E-state index in [9.17, 15) is 8.42 Å². The second kappa shape index (κ2) is 7.06. The number of nitrogens with zero attached hydrogens (tertiary/aromatic N) is 1. The zero-order chi connectivity index (χ0) is 15.3. The van der Waals surface area contributed by atoms with E-state index in [1.165, 1.54) is 4.31 Å². The lowest BCUT2D eigenvalue weighted by Crippen LogP contribution is -2.38. The van der Waals surface area contributed by atoms with Gasteiger partial charge in [-0.15, -0.1) is 0 Å². The first-order valence-electron chi connectivity index (χ1n) is 6.62. The number of benzene rings is 1. The summed E-state index contributed by atoms with van der Waals surface area (Å²) in [5, 5.41) is 8.91. The first kappa shape index (κ1) is 16.9. The molecule has 0 aliphatic carbocycles. The standard InChI is InChI=1S/C14H23NO4S/c1-11(2)15(8-5-9-16)20(17,18)13-6-7-14(19-4)12(3)10-13/h6-7,10-11,16H,5,8-9H2,1-4H3. The van der Waals surface area contributed by atoms with Gasteiger partial charge in [-0.2, -0.15) is 4.31 Å². The van der Waals surface area contributed by atoms with Gasteiger partial charge in [0.1, 0.15) is 5.75 Å². The van der Waals surface area contributed by atoms with Crippen molar-refractivity contribution in [2.45, 2.75) is 38.1 Å². The van der Waals surface area contributed by atoms with Crippen molar-refractivity contribution in [2.75, 3.05) is 20.3 Å². The van der Waals surface area contributed by atoms with Crippen LogP contribution in [0.2, 0.25) is 0 Å². The van der Waals surface area contributed by atoms with Crippen molar-refractivity contribution in [2.24, 2.45) is 0 Å². The van der Waals surface area contributed by atoms with Gasteiger partial charge in [0.15, 0.2) is 0 Å². The van der Waals surface area contributed by atoms with Crippen molar-refractivity contribution in [3.8, 4) is 5.75 Å². The average molecular weight is 301 g/mol. The van der Waals surface area contributed by atoms with Crippen LogP contribution in [0.3, 0.4) is 0 Å². The highest BCUT2D eigenvalue weighted by atomic mass is 32.2. The monoisotopic (exact) mass is 301 g/mol. The van der Waals surface area contributed by atoms with Crippen LogP contribution < -0.4 is 4.74 Å². The zero-order valence-corrected chi connectivity index (χ0v) is 13.3. The molecular formula is C14H23NO4S. The van der Waals surface area contributed by atoms with E-state index in [1.807, 2.05) is 20.8 Å². The van der Waals surface area contributed by atoms with Crippen LogP contribution in [0.5, 0.6) is 5.75 Å². The van der Waals surface area contributed by atoms with Crippen LogP contribution in [0.25, 0.3) is 0 Å². The van der Waals surface area contributed by atoms with Gasteiger partial charge in [-0.1, -0.05) is 0 Å². The van der Waals surface area contributed by atoms with Gasteiger partial charge in [-0.05, 0) is 51.0 Å². The Hall–Kier alpha value is -1.11. The number of rotatable bonds is 7. The predicted octanol–water partition coefficient (Wildman–Crippen LogP) is 1.79.